The molecule has 0 fully saturated rings. The van der Waals surface area contributed by atoms with Crippen molar-refractivity contribution in [2.75, 3.05) is 11.1 Å². The van der Waals surface area contributed by atoms with Gasteiger partial charge in [-0.05, 0) is 30.5 Å². The van der Waals surface area contributed by atoms with Crippen LogP contribution in [0.4, 0.5) is 11.5 Å². The van der Waals surface area contributed by atoms with Gasteiger partial charge in [0, 0.05) is 0 Å². The average Bonchev–Trinajstić information content (AvgIpc) is 2.89. The third-order valence-corrected chi connectivity index (χ3v) is 3.69. The molecule has 3 aromatic rings. The molecule has 3 rings (SSSR count). The van der Waals surface area contributed by atoms with Crippen LogP contribution >= 0.6 is 11.3 Å². The van der Waals surface area contributed by atoms with Crippen molar-refractivity contribution in [3.8, 4) is 0 Å². The first-order chi connectivity index (χ1) is 9.24. The van der Waals surface area contributed by atoms with E-state index in [1.54, 1.807) is 23.9 Å². The standard InChI is InChI=1S/C13H13N5S/c1-8(11-3-2-9(14)6-15-11)18-12-10-4-5-19-13(10)17-7-16-12/h2-8H,14H2,1H3,(H,16,17,18). The smallest absolute Gasteiger partial charge is 0.138 e. The Morgan fingerprint density at radius 3 is 2.89 bits per heavy atom. The Labute approximate surface area is 114 Å². The van der Waals surface area contributed by atoms with Gasteiger partial charge in [-0.2, -0.15) is 0 Å². The first kappa shape index (κ1) is 11.9. The molecular weight excluding hydrogens is 258 g/mol. The summed E-state index contributed by atoms with van der Waals surface area (Å²) >= 11 is 1.60. The maximum atomic E-state index is 5.64. The van der Waals surface area contributed by atoms with E-state index in [9.17, 15) is 0 Å². The highest BCUT2D eigenvalue weighted by atomic mass is 32.1. The lowest BCUT2D eigenvalue weighted by Gasteiger charge is -2.14. The van der Waals surface area contributed by atoms with Crippen LogP contribution in [0, 0.1) is 0 Å². The highest BCUT2D eigenvalue weighted by Gasteiger charge is 2.10. The van der Waals surface area contributed by atoms with E-state index >= 15 is 0 Å². The number of thiophene rings is 1. The van der Waals surface area contributed by atoms with Gasteiger partial charge in [-0.1, -0.05) is 0 Å². The topological polar surface area (TPSA) is 76.7 Å². The zero-order valence-electron chi connectivity index (χ0n) is 10.4. The SMILES string of the molecule is CC(Nc1ncnc2sccc12)c1ccc(N)cn1. The number of aromatic nitrogens is 3. The van der Waals surface area contributed by atoms with Crippen molar-refractivity contribution in [1.82, 2.24) is 15.0 Å². The molecule has 1 atom stereocenters. The molecule has 0 aliphatic heterocycles. The van der Waals surface area contributed by atoms with Crippen LogP contribution in [-0.2, 0) is 0 Å². The quantitative estimate of drug-likeness (QED) is 0.766. The van der Waals surface area contributed by atoms with Crippen LogP contribution in [0.5, 0.6) is 0 Å². The van der Waals surface area contributed by atoms with Gasteiger partial charge in [0.2, 0.25) is 0 Å². The Morgan fingerprint density at radius 2 is 2.11 bits per heavy atom. The predicted molar refractivity (Wildman–Crippen MR) is 78.1 cm³/mol. The van der Waals surface area contributed by atoms with Crippen molar-refractivity contribution < 1.29 is 0 Å². The Morgan fingerprint density at radius 1 is 1.21 bits per heavy atom. The summed E-state index contributed by atoms with van der Waals surface area (Å²) in [5.41, 5.74) is 7.23. The predicted octanol–water partition coefficient (Wildman–Crippen LogP) is 2.84. The van der Waals surface area contributed by atoms with E-state index in [1.165, 1.54) is 0 Å². The number of hydrogen-bond acceptors (Lipinski definition) is 6. The largest absolute Gasteiger partial charge is 0.397 e. The van der Waals surface area contributed by atoms with Gasteiger partial charge in [0.25, 0.3) is 0 Å². The Kier molecular flexibility index (Phi) is 3.00. The summed E-state index contributed by atoms with van der Waals surface area (Å²) in [6.07, 6.45) is 3.23. The average molecular weight is 271 g/mol. The van der Waals surface area contributed by atoms with Crippen LogP contribution in [0.25, 0.3) is 10.2 Å². The van der Waals surface area contributed by atoms with Crippen LogP contribution in [0.15, 0.2) is 36.1 Å². The summed E-state index contributed by atoms with van der Waals surface area (Å²) < 4.78 is 0. The molecule has 0 aliphatic carbocycles. The second-order valence-corrected chi connectivity index (χ2v) is 5.14. The molecule has 1 unspecified atom stereocenters. The number of nitrogens with two attached hydrogens (primary N) is 1. The number of nitrogens with zero attached hydrogens (tertiary/aromatic N) is 3. The van der Waals surface area contributed by atoms with Crippen molar-refractivity contribution in [2.45, 2.75) is 13.0 Å². The number of nitrogens with one attached hydrogen (secondary N) is 1. The van der Waals surface area contributed by atoms with Crippen LogP contribution in [0.2, 0.25) is 0 Å². The van der Waals surface area contributed by atoms with Crippen LogP contribution in [0.1, 0.15) is 18.7 Å². The van der Waals surface area contributed by atoms with Gasteiger partial charge in [0.15, 0.2) is 0 Å². The molecule has 0 aliphatic rings. The molecule has 0 amide bonds. The molecular formula is C13H13N5S. The second kappa shape index (κ2) is 4.81. The zero-order valence-corrected chi connectivity index (χ0v) is 11.2. The number of rotatable bonds is 3. The molecule has 0 saturated heterocycles. The summed E-state index contributed by atoms with van der Waals surface area (Å²) in [7, 11) is 0. The van der Waals surface area contributed by atoms with Crippen molar-refractivity contribution in [1.29, 1.82) is 0 Å². The first-order valence-electron chi connectivity index (χ1n) is 5.90. The number of fused-ring (bicyclic) bond motifs is 1. The number of hydrogen-bond donors (Lipinski definition) is 2. The van der Waals surface area contributed by atoms with E-state index in [0.717, 1.165) is 21.7 Å². The summed E-state index contributed by atoms with van der Waals surface area (Å²) in [5, 5.41) is 6.41. The maximum absolute atomic E-state index is 5.64. The zero-order chi connectivity index (χ0) is 13.2. The van der Waals surface area contributed by atoms with Gasteiger partial charge >= 0.3 is 0 Å². The number of pyridine rings is 1. The van der Waals surface area contributed by atoms with Gasteiger partial charge in [-0.3, -0.25) is 4.98 Å². The van der Waals surface area contributed by atoms with Crippen LogP contribution < -0.4 is 11.1 Å². The summed E-state index contributed by atoms with van der Waals surface area (Å²) in [6, 6.07) is 5.84. The molecule has 96 valence electrons. The summed E-state index contributed by atoms with van der Waals surface area (Å²) in [4.78, 5) is 13.8. The molecule has 5 nitrogen and oxygen atoms in total. The molecule has 19 heavy (non-hydrogen) atoms. The van der Waals surface area contributed by atoms with Crippen molar-refractivity contribution in [3.63, 3.8) is 0 Å². The maximum Gasteiger partial charge on any atom is 0.138 e. The fraction of sp³-hybridized carbons (Fsp3) is 0.154. The molecule has 6 heteroatoms. The molecule has 0 bridgehead atoms. The lowest BCUT2D eigenvalue weighted by Crippen LogP contribution is -2.10. The lowest BCUT2D eigenvalue weighted by atomic mass is 10.2. The highest BCUT2D eigenvalue weighted by Crippen LogP contribution is 2.26. The molecule has 0 radical (unpaired) electrons. The van der Waals surface area contributed by atoms with Gasteiger partial charge < -0.3 is 11.1 Å². The van der Waals surface area contributed by atoms with E-state index in [-0.39, 0.29) is 6.04 Å². The number of nitrogen functional groups attached to an aromatic ring is 1. The minimum Gasteiger partial charge on any atom is -0.397 e. The van der Waals surface area contributed by atoms with E-state index in [4.69, 9.17) is 5.73 Å². The molecule has 3 heterocycles. The van der Waals surface area contributed by atoms with E-state index in [1.807, 2.05) is 30.5 Å². The Bertz CT molecular complexity index is 692. The van der Waals surface area contributed by atoms with Gasteiger partial charge in [-0.15, -0.1) is 11.3 Å². The van der Waals surface area contributed by atoms with E-state index < -0.39 is 0 Å². The van der Waals surface area contributed by atoms with Crippen LogP contribution in [0.3, 0.4) is 0 Å². The summed E-state index contributed by atoms with van der Waals surface area (Å²) in [5.74, 6) is 0.831. The minimum atomic E-state index is 0.0543. The Balaban J connectivity index is 1.88. The third-order valence-electron chi connectivity index (χ3n) is 2.87. The molecule has 0 aromatic carbocycles. The highest BCUT2D eigenvalue weighted by molar-refractivity contribution is 7.16. The van der Waals surface area contributed by atoms with Crippen LogP contribution in [-0.4, -0.2) is 15.0 Å². The Hall–Kier alpha value is -2.21. The first-order valence-corrected chi connectivity index (χ1v) is 6.78. The molecule has 3 N–H and O–H groups in total. The fourth-order valence-corrected chi connectivity index (χ4v) is 2.59. The number of anilines is 2. The molecule has 0 saturated carbocycles. The third kappa shape index (κ3) is 2.34. The normalized spacial score (nSPS) is 12.5. The minimum absolute atomic E-state index is 0.0543. The van der Waals surface area contributed by atoms with E-state index in [2.05, 4.69) is 20.3 Å². The molecule has 0 spiro atoms. The van der Waals surface area contributed by atoms with Crippen molar-refractivity contribution in [3.05, 3.63) is 41.8 Å². The monoisotopic (exact) mass is 271 g/mol. The fourth-order valence-electron chi connectivity index (χ4n) is 1.86. The van der Waals surface area contributed by atoms with Gasteiger partial charge in [0.05, 0.1) is 29.0 Å². The molecule has 3 aromatic heterocycles. The van der Waals surface area contributed by atoms with Crippen molar-refractivity contribution in [2.24, 2.45) is 0 Å². The van der Waals surface area contributed by atoms with E-state index in [0.29, 0.717) is 5.69 Å². The van der Waals surface area contributed by atoms with Gasteiger partial charge in [0.1, 0.15) is 17.0 Å². The summed E-state index contributed by atoms with van der Waals surface area (Å²) in [6.45, 7) is 2.04. The van der Waals surface area contributed by atoms with Gasteiger partial charge in [-0.25, -0.2) is 9.97 Å². The second-order valence-electron chi connectivity index (χ2n) is 4.24. The lowest BCUT2D eigenvalue weighted by molar-refractivity contribution is 0.834. The van der Waals surface area contributed by atoms with Crippen molar-refractivity contribution >= 4 is 33.1 Å².